The van der Waals surface area contributed by atoms with Crippen molar-refractivity contribution in [1.82, 2.24) is 10.3 Å². The minimum absolute atomic E-state index is 0.0515. The maximum absolute atomic E-state index is 11.0. The first-order valence-electron chi connectivity index (χ1n) is 5.10. The Morgan fingerprint density at radius 3 is 2.88 bits per heavy atom. The molecule has 1 amide bonds. The number of hydrogen-bond acceptors (Lipinski definition) is 5. The Morgan fingerprint density at radius 1 is 1.59 bits per heavy atom. The highest BCUT2D eigenvalue weighted by Gasteiger charge is 2.17. The third-order valence-electron chi connectivity index (χ3n) is 2.23. The Morgan fingerprint density at radius 2 is 2.29 bits per heavy atom. The summed E-state index contributed by atoms with van der Waals surface area (Å²) in [6, 6.07) is 1.57. The summed E-state index contributed by atoms with van der Waals surface area (Å²) >= 11 is 0. The van der Waals surface area contributed by atoms with Gasteiger partial charge in [0.2, 0.25) is 11.7 Å². The van der Waals surface area contributed by atoms with Crippen LogP contribution in [0.5, 0.6) is 0 Å². The minimum atomic E-state index is -0.482. The first kappa shape index (κ1) is 12.9. The molecule has 0 saturated heterocycles. The van der Waals surface area contributed by atoms with Gasteiger partial charge < -0.3 is 10.6 Å². The van der Waals surface area contributed by atoms with E-state index >= 15 is 0 Å². The summed E-state index contributed by atoms with van der Waals surface area (Å²) < 4.78 is 0. The molecule has 0 unspecified atom stereocenters. The van der Waals surface area contributed by atoms with Gasteiger partial charge in [0.15, 0.2) is 0 Å². The van der Waals surface area contributed by atoms with Crippen LogP contribution < -0.4 is 10.6 Å². The van der Waals surface area contributed by atoms with E-state index in [9.17, 15) is 14.9 Å². The van der Waals surface area contributed by atoms with Crippen molar-refractivity contribution in [3.63, 3.8) is 0 Å². The van der Waals surface area contributed by atoms with Crippen molar-refractivity contribution < 1.29 is 9.72 Å². The Bertz CT molecular complexity index is 434. The third kappa shape index (κ3) is 3.40. The molecule has 1 aromatic heterocycles. The largest absolute Gasteiger partial charge is 0.364 e. The van der Waals surface area contributed by atoms with E-state index in [0.29, 0.717) is 12.1 Å². The number of nitro groups is 1. The van der Waals surface area contributed by atoms with Crippen LogP contribution in [0, 0.1) is 17.0 Å². The molecule has 0 bridgehead atoms. The first-order chi connectivity index (χ1) is 8.06. The summed E-state index contributed by atoms with van der Waals surface area (Å²) in [6.45, 7) is 1.95. The van der Waals surface area contributed by atoms with Crippen molar-refractivity contribution in [2.75, 3.05) is 18.9 Å². The van der Waals surface area contributed by atoms with Crippen LogP contribution in [-0.2, 0) is 4.79 Å². The quantitative estimate of drug-likeness (QED) is 0.585. The zero-order valence-corrected chi connectivity index (χ0v) is 9.69. The number of nitrogens with one attached hydrogen (secondary N) is 2. The lowest BCUT2D eigenvalue weighted by atomic mass is 10.2. The Hall–Kier alpha value is -2.18. The molecule has 1 aromatic rings. The van der Waals surface area contributed by atoms with Gasteiger partial charge in [0, 0.05) is 31.8 Å². The third-order valence-corrected chi connectivity index (χ3v) is 2.23. The summed E-state index contributed by atoms with van der Waals surface area (Å²) in [4.78, 5) is 25.2. The zero-order chi connectivity index (χ0) is 12.8. The van der Waals surface area contributed by atoms with Crippen LogP contribution in [0.25, 0.3) is 0 Å². The fourth-order valence-corrected chi connectivity index (χ4v) is 1.33. The predicted molar refractivity (Wildman–Crippen MR) is 62.8 cm³/mol. The molecule has 0 atom stereocenters. The van der Waals surface area contributed by atoms with Crippen molar-refractivity contribution in [2.45, 2.75) is 13.3 Å². The molecular weight excluding hydrogens is 224 g/mol. The van der Waals surface area contributed by atoms with E-state index in [1.807, 2.05) is 0 Å². The second-order valence-electron chi connectivity index (χ2n) is 3.43. The molecule has 7 nitrogen and oxygen atoms in total. The molecule has 0 aliphatic heterocycles. The molecule has 92 valence electrons. The number of anilines is 1. The molecule has 0 aliphatic carbocycles. The lowest BCUT2D eigenvalue weighted by Crippen LogP contribution is -2.21. The number of amides is 1. The van der Waals surface area contributed by atoms with Gasteiger partial charge in [-0.15, -0.1) is 0 Å². The van der Waals surface area contributed by atoms with Gasteiger partial charge in [0.05, 0.1) is 4.92 Å². The van der Waals surface area contributed by atoms with Crippen LogP contribution in [0.1, 0.15) is 12.0 Å². The molecule has 1 heterocycles. The van der Waals surface area contributed by atoms with Crippen LogP contribution in [0.15, 0.2) is 12.3 Å². The number of carbonyl (C=O) groups excluding carboxylic acids is 1. The van der Waals surface area contributed by atoms with E-state index in [-0.39, 0.29) is 23.8 Å². The monoisotopic (exact) mass is 238 g/mol. The Kier molecular flexibility index (Phi) is 4.38. The molecule has 17 heavy (non-hydrogen) atoms. The van der Waals surface area contributed by atoms with Crippen LogP contribution >= 0.6 is 0 Å². The standard InChI is InChI=1S/C10H14N4O3/c1-7-3-5-12-10(9(7)14(16)17)13-6-4-8(15)11-2/h3,5H,4,6H2,1-2H3,(H,11,15)(H,12,13). The van der Waals surface area contributed by atoms with Gasteiger partial charge in [-0.25, -0.2) is 4.98 Å². The normalized spacial score (nSPS) is 9.76. The summed E-state index contributed by atoms with van der Waals surface area (Å²) in [5.74, 6) is 0.0618. The van der Waals surface area contributed by atoms with Crippen LogP contribution in [0.4, 0.5) is 11.5 Å². The molecule has 0 radical (unpaired) electrons. The fourth-order valence-electron chi connectivity index (χ4n) is 1.33. The SMILES string of the molecule is CNC(=O)CCNc1nccc(C)c1[N+](=O)[O-]. The van der Waals surface area contributed by atoms with Crippen molar-refractivity contribution in [1.29, 1.82) is 0 Å². The molecule has 0 aliphatic rings. The first-order valence-corrected chi connectivity index (χ1v) is 5.10. The molecular formula is C10H14N4O3. The smallest absolute Gasteiger partial charge is 0.314 e. The van der Waals surface area contributed by atoms with E-state index in [2.05, 4.69) is 15.6 Å². The molecule has 2 N–H and O–H groups in total. The highest BCUT2D eigenvalue weighted by atomic mass is 16.6. The minimum Gasteiger partial charge on any atom is -0.364 e. The van der Waals surface area contributed by atoms with Gasteiger partial charge in [-0.1, -0.05) is 0 Å². The summed E-state index contributed by atoms with van der Waals surface area (Å²) in [5.41, 5.74) is 0.483. The van der Waals surface area contributed by atoms with Crippen LogP contribution in [0.2, 0.25) is 0 Å². The van der Waals surface area contributed by atoms with Crippen LogP contribution in [-0.4, -0.2) is 29.4 Å². The average molecular weight is 238 g/mol. The molecule has 7 heteroatoms. The zero-order valence-electron chi connectivity index (χ0n) is 9.69. The molecule has 0 spiro atoms. The van der Waals surface area contributed by atoms with E-state index in [1.54, 1.807) is 13.0 Å². The summed E-state index contributed by atoms with van der Waals surface area (Å²) in [5, 5.41) is 16.1. The van der Waals surface area contributed by atoms with Gasteiger partial charge >= 0.3 is 5.69 Å². The highest BCUT2D eigenvalue weighted by molar-refractivity contribution is 5.76. The lowest BCUT2D eigenvalue weighted by molar-refractivity contribution is -0.384. The Balaban J connectivity index is 2.74. The van der Waals surface area contributed by atoms with Crippen molar-refractivity contribution in [3.05, 3.63) is 27.9 Å². The number of carbonyl (C=O) groups is 1. The van der Waals surface area contributed by atoms with E-state index in [4.69, 9.17) is 0 Å². The maximum Gasteiger partial charge on any atom is 0.314 e. The van der Waals surface area contributed by atoms with Gasteiger partial charge in [0.1, 0.15) is 0 Å². The van der Waals surface area contributed by atoms with Gasteiger partial charge in [-0.2, -0.15) is 0 Å². The molecule has 0 fully saturated rings. The van der Waals surface area contributed by atoms with Crippen LogP contribution in [0.3, 0.4) is 0 Å². The van der Waals surface area contributed by atoms with Crippen molar-refractivity contribution >= 4 is 17.4 Å². The number of rotatable bonds is 5. The second kappa shape index (κ2) is 5.78. The van der Waals surface area contributed by atoms with Gasteiger partial charge in [-0.05, 0) is 13.0 Å². The van der Waals surface area contributed by atoms with Gasteiger partial charge in [0.25, 0.3) is 0 Å². The average Bonchev–Trinajstić information content (AvgIpc) is 2.28. The van der Waals surface area contributed by atoms with Crippen molar-refractivity contribution in [2.24, 2.45) is 0 Å². The number of hydrogen-bond donors (Lipinski definition) is 2. The predicted octanol–water partition coefficient (Wildman–Crippen LogP) is 0.846. The molecule has 0 aromatic carbocycles. The fraction of sp³-hybridized carbons (Fsp3) is 0.400. The number of aryl methyl sites for hydroxylation is 1. The number of nitrogens with zero attached hydrogens (tertiary/aromatic N) is 2. The number of aromatic nitrogens is 1. The summed E-state index contributed by atoms with van der Waals surface area (Å²) in [6.07, 6.45) is 1.73. The van der Waals surface area contributed by atoms with E-state index < -0.39 is 4.92 Å². The lowest BCUT2D eigenvalue weighted by Gasteiger charge is -2.06. The number of pyridine rings is 1. The highest BCUT2D eigenvalue weighted by Crippen LogP contribution is 2.25. The molecule has 0 saturated carbocycles. The maximum atomic E-state index is 11.0. The van der Waals surface area contributed by atoms with Gasteiger partial charge in [-0.3, -0.25) is 14.9 Å². The topological polar surface area (TPSA) is 97.2 Å². The molecule has 1 rings (SSSR count). The van der Waals surface area contributed by atoms with Crippen molar-refractivity contribution in [3.8, 4) is 0 Å². The Labute approximate surface area is 98.4 Å². The van der Waals surface area contributed by atoms with E-state index in [1.165, 1.54) is 13.2 Å². The second-order valence-corrected chi connectivity index (χ2v) is 3.43. The summed E-state index contributed by atoms with van der Waals surface area (Å²) in [7, 11) is 1.54. The van der Waals surface area contributed by atoms with E-state index in [0.717, 1.165) is 0 Å².